The van der Waals surface area contributed by atoms with E-state index >= 15 is 0 Å². The summed E-state index contributed by atoms with van der Waals surface area (Å²) in [5, 5.41) is 3.96. The number of aryl methyl sites for hydroxylation is 1. The number of anilines is 1. The molecule has 10 nitrogen and oxygen atoms in total. The molecule has 0 spiro atoms. The molecule has 0 saturated carbocycles. The van der Waals surface area contributed by atoms with Crippen LogP contribution in [0.1, 0.15) is 17.9 Å². The molecule has 0 atom stereocenters. The van der Waals surface area contributed by atoms with Gasteiger partial charge in [0.15, 0.2) is 0 Å². The Kier molecular flexibility index (Phi) is 8.31. The first-order chi connectivity index (χ1) is 20.6. The Morgan fingerprint density at radius 3 is 2.40 bits per heavy atom. The van der Waals surface area contributed by atoms with Gasteiger partial charge in [-0.05, 0) is 0 Å². The van der Waals surface area contributed by atoms with E-state index in [0.29, 0.717) is 24.7 Å². The summed E-state index contributed by atoms with van der Waals surface area (Å²) in [7, 11) is -8.24. The predicted molar refractivity (Wildman–Crippen MR) is 166 cm³/mol. The van der Waals surface area contributed by atoms with Crippen LogP contribution in [0.4, 0.5) is 5.69 Å². The maximum atomic E-state index is 12.4. The van der Waals surface area contributed by atoms with Crippen LogP contribution in [0.3, 0.4) is 0 Å². The maximum absolute atomic E-state index is 12.4. The third-order valence-electron chi connectivity index (χ3n) is 7.15. The van der Waals surface area contributed by atoms with Crippen LogP contribution < -0.4 is 19.7 Å². The number of ether oxygens (including phenoxy) is 1. The minimum atomic E-state index is -4.46. The molecule has 0 radical (unpaired) electrons. The molecule has 2 heterocycles. The predicted octanol–water partition coefficient (Wildman–Crippen LogP) is 3.49. The Morgan fingerprint density at radius 1 is 0.953 bits per heavy atom. The number of hydrogen-bond donors (Lipinski definition) is 1. The van der Waals surface area contributed by atoms with Gasteiger partial charge >= 0.3 is 257 Å². The fourth-order valence-electron chi connectivity index (χ4n) is 5.30. The summed E-state index contributed by atoms with van der Waals surface area (Å²) in [5.41, 5.74) is 4.13. The normalized spacial score (nSPS) is 14.7. The summed E-state index contributed by atoms with van der Waals surface area (Å²) in [4.78, 5) is 1.97. The molecule has 1 aliphatic heterocycles. The van der Waals surface area contributed by atoms with Crippen LogP contribution >= 0.6 is 0 Å². The van der Waals surface area contributed by atoms with Gasteiger partial charge in [0.25, 0.3) is 0 Å². The van der Waals surface area contributed by atoms with Gasteiger partial charge < -0.3 is 0 Å². The molecule has 6 rings (SSSR count). The number of benzene rings is 4. The van der Waals surface area contributed by atoms with E-state index in [1.54, 1.807) is 6.92 Å². The zero-order chi connectivity index (χ0) is 30.2. The average Bonchev–Trinajstić information content (AvgIpc) is 3.52. The van der Waals surface area contributed by atoms with Crippen molar-refractivity contribution in [3.63, 3.8) is 0 Å². The first-order valence-electron chi connectivity index (χ1n) is 13.7. The number of hydroxylamine groups is 1. The molecule has 0 amide bonds. The summed E-state index contributed by atoms with van der Waals surface area (Å²) in [5.74, 6) is 0.395. The molecule has 224 valence electrons. The number of hydrogen-bond acceptors (Lipinski definition) is 9. The van der Waals surface area contributed by atoms with Crippen molar-refractivity contribution in [3.05, 3.63) is 83.2 Å². The number of aromatic nitrogens is 1. The number of nitrogens with zero attached hydrogens (tertiary/aromatic N) is 2. The Bertz CT molecular complexity index is 2090. The molecule has 0 fully saturated rings. The van der Waals surface area contributed by atoms with Crippen molar-refractivity contribution in [1.29, 1.82) is 0 Å². The standard InChI is InChI=1S/C30H29N3O7S2Se/c1-2-31-40-42(37,38)18-7-16-32-27(39-25-14-12-21-8-3-5-10-23(21)29(25)32)20-28-33(17-19-41(34,35)36)30-24-11-6-4-9-22(24)13-15-26(30)43-28/h3-6,8-15,20,31H,2,7,16-19H2,1H3. The van der Waals surface area contributed by atoms with E-state index in [1.165, 1.54) is 0 Å². The molecule has 4 aromatic carbocycles. The van der Waals surface area contributed by atoms with Crippen LogP contribution in [0.25, 0.3) is 37.4 Å². The first-order valence-corrected chi connectivity index (χ1v) is 18.6. The van der Waals surface area contributed by atoms with Crippen LogP contribution in [0.5, 0.6) is 5.75 Å². The topological polar surface area (TPSA) is 129 Å². The summed E-state index contributed by atoms with van der Waals surface area (Å²) >= 11 is -0.214. The van der Waals surface area contributed by atoms with Crippen molar-refractivity contribution < 1.29 is 35.0 Å². The van der Waals surface area contributed by atoms with Crippen molar-refractivity contribution in [2.24, 2.45) is 0 Å². The van der Waals surface area contributed by atoms with Gasteiger partial charge in [-0.1, -0.05) is 0 Å². The van der Waals surface area contributed by atoms with Gasteiger partial charge in [-0.25, -0.2) is 0 Å². The molecule has 0 unspecified atom stereocenters. The second-order valence-electron chi connectivity index (χ2n) is 10.1. The van der Waals surface area contributed by atoms with E-state index < -0.39 is 26.0 Å². The summed E-state index contributed by atoms with van der Waals surface area (Å²) < 4.78 is 74.9. The van der Waals surface area contributed by atoms with E-state index in [9.17, 15) is 21.4 Å². The fraction of sp³-hybridized carbons (Fsp3) is 0.233. The van der Waals surface area contributed by atoms with Crippen LogP contribution in [-0.4, -0.2) is 60.5 Å². The van der Waals surface area contributed by atoms with Gasteiger partial charge in [-0.2, -0.15) is 0 Å². The van der Waals surface area contributed by atoms with Crippen molar-refractivity contribution in [2.45, 2.75) is 19.9 Å². The number of nitrogens with one attached hydrogen (secondary N) is 1. The van der Waals surface area contributed by atoms with Crippen LogP contribution in [0.15, 0.2) is 78.7 Å². The van der Waals surface area contributed by atoms with Gasteiger partial charge in [0.2, 0.25) is 0 Å². The molecule has 0 saturated heterocycles. The van der Waals surface area contributed by atoms with E-state index in [1.807, 2.05) is 88.3 Å². The number of rotatable bonds is 11. The van der Waals surface area contributed by atoms with Crippen molar-refractivity contribution in [2.75, 3.05) is 29.5 Å². The van der Waals surface area contributed by atoms with Gasteiger partial charge in [0, 0.05) is 0 Å². The monoisotopic (exact) mass is 687 g/mol. The molecule has 0 bridgehead atoms. The molecule has 1 aromatic heterocycles. The second kappa shape index (κ2) is 12.0. The Balaban J connectivity index is 1.46. The van der Waals surface area contributed by atoms with E-state index in [4.69, 9.17) is 9.02 Å². The molecular formula is C30H29N3O7S2Se. The second-order valence-corrected chi connectivity index (χ2v) is 15.5. The van der Waals surface area contributed by atoms with Gasteiger partial charge in [0.05, 0.1) is 0 Å². The molecule has 1 N–H and O–H groups in total. The third-order valence-corrected chi connectivity index (χ3v) is 11.3. The molecule has 0 aliphatic carbocycles. The molecule has 43 heavy (non-hydrogen) atoms. The minimum absolute atomic E-state index is 0.00357. The quantitative estimate of drug-likeness (QED) is 0.0962. The zero-order valence-electron chi connectivity index (χ0n) is 23.2. The number of fused-ring (bicyclic) bond motifs is 6. The molecular weight excluding hydrogens is 657 g/mol. The van der Waals surface area contributed by atoms with Gasteiger partial charge in [-0.15, -0.1) is 0 Å². The van der Waals surface area contributed by atoms with Crippen molar-refractivity contribution in [3.8, 4) is 5.75 Å². The Hall–Kier alpha value is -3.29. The fourth-order valence-corrected chi connectivity index (χ4v) is 8.95. The van der Waals surface area contributed by atoms with Crippen LogP contribution in [0, 0.1) is 0 Å². The SMILES string of the molecule is CCNOS(=O)(=O)CCCN1C(=Cc2[se]c3ccc4ccccc4c3[n+]2CCS(=O)(=O)[O-])Oc2ccc3ccccc3c21. The third kappa shape index (κ3) is 6.34. The summed E-state index contributed by atoms with van der Waals surface area (Å²) in [6, 6.07) is 23.7. The zero-order valence-corrected chi connectivity index (χ0v) is 26.6. The van der Waals surface area contributed by atoms with E-state index in [0.717, 1.165) is 41.6 Å². The Labute approximate surface area is 255 Å². The van der Waals surface area contributed by atoms with E-state index in [2.05, 4.69) is 5.48 Å². The molecule has 5 aromatic rings. The molecule has 13 heteroatoms. The van der Waals surface area contributed by atoms with Crippen molar-refractivity contribution >= 4 is 77.8 Å². The summed E-state index contributed by atoms with van der Waals surface area (Å²) in [6.07, 6.45) is 2.16. The average molecular weight is 687 g/mol. The van der Waals surface area contributed by atoms with Crippen LogP contribution in [0.2, 0.25) is 0 Å². The Morgan fingerprint density at radius 2 is 1.65 bits per heavy atom. The summed E-state index contributed by atoms with van der Waals surface area (Å²) in [6.45, 7) is 2.43. The van der Waals surface area contributed by atoms with Gasteiger partial charge in [0.1, 0.15) is 0 Å². The van der Waals surface area contributed by atoms with Gasteiger partial charge in [-0.3, -0.25) is 0 Å². The van der Waals surface area contributed by atoms with E-state index in [-0.39, 0.29) is 33.2 Å². The molecule has 1 aliphatic rings. The van der Waals surface area contributed by atoms with Crippen LogP contribution in [-0.2, 0) is 31.1 Å². The van der Waals surface area contributed by atoms with Crippen molar-refractivity contribution in [1.82, 2.24) is 5.48 Å². The first kappa shape index (κ1) is 29.8.